The highest BCUT2D eigenvalue weighted by atomic mass is 35.5. The monoisotopic (exact) mass is 445 g/mol. The van der Waals surface area contributed by atoms with Crippen LogP contribution >= 0.6 is 23.2 Å². The van der Waals surface area contributed by atoms with Crippen molar-refractivity contribution in [1.29, 1.82) is 0 Å². The molecule has 0 bridgehead atoms. The molecule has 3 aromatic rings. The van der Waals surface area contributed by atoms with E-state index in [1.807, 2.05) is 6.07 Å². The Labute approximate surface area is 186 Å². The van der Waals surface area contributed by atoms with Gasteiger partial charge in [0, 0.05) is 61.5 Å². The third-order valence-corrected chi connectivity index (χ3v) is 6.00. The Morgan fingerprint density at radius 3 is 2.83 bits per heavy atom. The molecule has 1 fully saturated rings. The number of nitrogens with zero attached hydrogens (tertiary/aromatic N) is 4. The van der Waals surface area contributed by atoms with Crippen molar-refractivity contribution in [3.05, 3.63) is 40.5 Å². The Hall–Kier alpha value is -2.19. The standard InChI is InChI=1S/C21H25Cl2N7/c1-13-11-25-7-9-30(13)8-3-6-26-21-27-12-14-10-15(19(24)28-20(14)29-21)18-16(22)4-2-5-17(18)23/h2,4-5,10,12-13,25H,3,6-9,11H2,1H3,(H3,24,26,27,28,29). The molecule has 7 nitrogen and oxygen atoms in total. The van der Waals surface area contributed by atoms with E-state index in [1.54, 1.807) is 24.4 Å². The number of pyridine rings is 1. The van der Waals surface area contributed by atoms with E-state index >= 15 is 0 Å². The van der Waals surface area contributed by atoms with Crippen molar-refractivity contribution < 1.29 is 0 Å². The molecule has 0 amide bonds. The molecule has 1 saturated heterocycles. The van der Waals surface area contributed by atoms with E-state index in [2.05, 4.69) is 37.4 Å². The molecule has 3 heterocycles. The third-order valence-electron chi connectivity index (χ3n) is 5.37. The molecule has 9 heteroatoms. The largest absolute Gasteiger partial charge is 0.383 e. The summed E-state index contributed by atoms with van der Waals surface area (Å²) >= 11 is 12.7. The lowest BCUT2D eigenvalue weighted by atomic mass is 10.1. The summed E-state index contributed by atoms with van der Waals surface area (Å²) in [5.41, 5.74) is 8.08. The zero-order valence-corrected chi connectivity index (χ0v) is 18.3. The summed E-state index contributed by atoms with van der Waals surface area (Å²) in [4.78, 5) is 15.9. The molecule has 0 radical (unpaired) electrons. The summed E-state index contributed by atoms with van der Waals surface area (Å²) in [7, 11) is 0. The number of halogens is 2. The number of hydrogen-bond acceptors (Lipinski definition) is 7. The molecule has 158 valence electrons. The van der Waals surface area contributed by atoms with Gasteiger partial charge in [-0.2, -0.15) is 4.98 Å². The molecule has 0 aliphatic carbocycles. The molecule has 0 spiro atoms. The lowest BCUT2D eigenvalue weighted by Crippen LogP contribution is -2.50. The molecule has 1 aliphatic heterocycles. The van der Waals surface area contributed by atoms with Crippen LogP contribution in [0.2, 0.25) is 10.0 Å². The Kier molecular flexibility index (Phi) is 6.53. The second kappa shape index (κ2) is 9.31. The zero-order valence-electron chi connectivity index (χ0n) is 16.8. The van der Waals surface area contributed by atoms with Crippen LogP contribution in [0.15, 0.2) is 30.5 Å². The average Bonchev–Trinajstić information content (AvgIpc) is 2.72. The number of aromatic nitrogens is 3. The van der Waals surface area contributed by atoms with Crippen LogP contribution in [-0.4, -0.2) is 58.6 Å². The summed E-state index contributed by atoms with van der Waals surface area (Å²) in [5.74, 6) is 0.876. The highest BCUT2D eigenvalue weighted by molar-refractivity contribution is 6.39. The fourth-order valence-electron chi connectivity index (χ4n) is 3.72. The lowest BCUT2D eigenvalue weighted by Gasteiger charge is -2.33. The SMILES string of the molecule is CC1CNCCN1CCCNc1ncc2cc(-c3c(Cl)cccc3Cl)c(N)nc2n1. The number of anilines is 2. The first kappa shape index (κ1) is 21.1. The molecular formula is C21H25Cl2N7. The molecule has 1 atom stereocenters. The molecular weight excluding hydrogens is 421 g/mol. The van der Waals surface area contributed by atoms with Crippen molar-refractivity contribution in [2.24, 2.45) is 0 Å². The number of hydrogen-bond donors (Lipinski definition) is 3. The number of nitrogens with two attached hydrogens (primary N) is 1. The minimum absolute atomic E-state index is 0.329. The van der Waals surface area contributed by atoms with E-state index in [1.165, 1.54) is 0 Å². The van der Waals surface area contributed by atoms with Gasteiger partial charge >= 0.3 is 0 Å². The Balaban J connectivity index is 1.46. The van der Waals surface area contributed by atoms with Crippen molar-refractivity contribution in [3.63, 3.8) is 0 Å². The predicted molar refractivity (Wildman–Crippen MR) is 124 cm³/mol. The third kappa shape index (κ3) is 4.59. The van der Waals surface area contributed by atoms with Crippen LogP contribution in [0.3, 0.4) is 0 Å². The highest BCUT2D eigenvalue weighted by Crippen LogP contribution is 2.38. The van der Waals surface area contributed by atoms with Crippen LogP contribution in [0.4, 0.5) is 11.8 Å². The molecule has 1 aromatic carbocycles. The molecule has 1 aliphatic rings. The Morgan fingerprint density at radius 2 is 2.07 bits per heavy atom. The average molecular weight is 446 g/mol. The Bertz CT molecular complexity index is 1020. The maximum absolute atomic E-state index is 6.33. The number of nitrogen functional groups attached to an aromatic ring is 1. The fraction of sp³-hybridized carbons (Fsp3) is 0.381. The summed E-state index contributed by atoms with van der Waals surface area (Å²) in [6.45, 7) is 7.30. The van der Waals surface area contributed by atoms with Gasteiger partial charge in [0.2, 0.25) is 5.95 Å². The summed E-state index contributed by atoms with van der Waals surface area (Å²) in [5, 5.41) is 8.52. The summed E-state index contributed by atoms with van der Waals surface area (Å²) < 4.78 is 0. The van der Waals surface area contributed by atoms with Crippen LogP contribution < -0.4 is 16.4 Å². The van der Waals surface area contributed by atoms with Crippen molar-refractivity contribution in [3.8, 4) is 11.1 Å². The van der Waals surface area contributed by atoms with Crippen LogP contribution in [0.25, 0.3) is 22.2 Å². The number of nitrogens with one attached hydrogen (secondary N) is 2. The first-order valence-corrected chi connectivity index (χ1v) is 10.8. The smallest absolute Gasteiger partial charge is 0.224 e. The van der Waals surface area contributed by atoms with Crippen LogP contribution in [0.5, 0.6) is 0 Å². The number of piperazine rings is 1. The normalized spacial score (nSPS) is 17.4. The lowest BCUT2D eigenvalue weighted by molar-refractivity contribution is 0.173. The molecule has 4 rings (SSSR count). The van der Waals surface area contributed by atoms with Gasteiger partial charge in [0.15, 0.2) is 5.65 Å². The maximum Gasteiger partial charge on any atom is 0.224 e. The topological polar surface area (TPSA) is 92.0 Å². The minimum atomic E-state index is 0.329. The van der Waals surface area contributed by atoms with Gasteiger partial charge in [-0.05, 0) is 31.5 Å². The number of benzene rings is 1. The zero-order chi connectivity index (χ0) is 21.1. The van der Waals surface area contributed by atoms with E-state index < -0.39 is 0 Å². The van der Waals surface area contributed by atoms with Gasteiger partial charge in [0.1, 0.15) is 5.82 Å². The highest BCUT2D eigenvalue weighted by Gasteiger charge is 2.17. The van der Waals surface area contributed by atoms with Crippen LogP contribution in [-0.2, 0) is 0 Å². The molecule has 2 aromatic heterocycles. The van der Waals surface area contributed by atoms with Crippen LogP contribution in [0, 0.1) is 0 Å². The van der Waals surface area contributed by atoms with Gasteiger partial charge < -0.3 is 16.4 Å². The molecule has 30 heavy (non-hydrogen) atoms. The molecule has 0 saturated carbocycles. The molecule has 4 N–H and O–H groups in total. The Morgan fingerprint density at radius 1 is 1.27 bits per heavy atom. The molecule has 1 unspecified atom stereocenters. The fourth-order valence-corrected chi connectivity index (χ4v) is 4.32. The van der Waals surface area contributed by atoms with Gasteiger partial charge in [-0.3, -0.25) is 4.90 Å². The first-order chi connectivity index (χ1) is 14.5. The van der Waals surface area contributed by atoms with Gasteiger partial charge in [-0.1, -0.05) is 29.3 Å². The van der Waals surface area contributed by atoms with Gasteiger partial charge in [0.25, 0.3) is 0 Å². The van der Waals surface area contributed by atoms with Crippen molar-refractivity contribution in [1.82, 2.24) is 25.2 Å². The summed E-state index contributed by atoms with van der Waals surface area (Å²) in [6.07, 6.45) is 2.76. The van der Waals surface area contributed by atoms with Crippen molar-refractivity contribution >= 4 is 46.0 Å². The number of rotatable bonds is 6. The van der Waals surface area contributed by atoms with E-state index in [0.717, 1.165) is 44.5 Å². The number of fused-ring (bicyclic) bond motifs is 1. The van der Waals surface area contributed by atoms with E-state index in [9.17, 15) is 0 Å². The first-order valence-electron chi connectivity index (χ1n) is 10.1. The van der Waals surface area contributed by atoms with Crippen molar-refractivity contribution in [2.75, 3.05) is 43.8 Å². The maximum atomic E-state index is 6.33. The van der Waals surface area contributed by atoms with E-state index in [4.69, 9.17) is 28.9 Å². The predicted octanol–water partition coefficient (Wildman–Crippen LogP) is 3.68. The quantitative estimate of drug-likeness (QED) is 0.498. The van der Waals surface area contributed by atoms with Gasteiger partial charge in [0.05, 0.1) is 10.0 Å². The second-order valence-corrected chi connectivity index (χ2v) is 8.31. The van der Waals surface area contributed by atoms with E-state index in [0.29, 0.717) is 44.6 Å². The van der Waals surface area contributed by atoms with Crippen molar-refractivity contribution in [2.45, 2.75) is 19.4 Å². The van der Waals surface area contributed by atoms with Gasteiger partial charge in [-0.15, -0.1) is 0 Å². The summed E-state index contributed by atoms with van der Waals surface area (Å²) in [6, 6.07) is 7.79. The minimum Gasteiger partial charge on any atom is -0.383 e. The van der Waals surface area contributed by atoms with E-state index in [-0.39, 0.29) is 0 Å². The second-order valence-electron chi connectivity index (χ2n) is 7.49. The van der Waals surface area contributed by atoms with Crippen LogP contribution in [0.1, 0.15) is 13.3 Å². The van der Waals surface area contributed by atoms with Gasteiger partial charge in [-0.25, -0.2) is 9.97 Å².